The Bertz CT molecular complexity index is 978. The molecule has 1 aromatic heterocycles. The van der Waals surface area contributed by atoms with Crippen molar-refractivity contribution in [2.45, 2.75) is 6.54 Å². The van der Waals surface area contributed by atoms with E-state index < -0.39 is 5.91 Å². The Morgan fingerprint density at radius 2 is 2.08 bits per heavy atom. The van der Waals surface area contributed by atoms with Crippen LogP contribution in [0, 0.1) is 5.82 Å². The van der Waals surface area contributed by atoms with Crippen LogP contribution in [0.4, 0.5) is 4.39 Å². The molecule has 0 saturated heterocycles. The van der Waals surface area contributed by atoms with E-state index in [2.05, 4.69) is 4.99 Å². The number of carbonyl (C=O) groups excluding carboxylic acids is 1. The van der Waals surface area contributed by atoms with E-state index in [0.29, 0.717) is 10.4 Å². The van der Waals surface area contributed by atoms with Crippen LogP contribution in [0.25, 0.3) is 0 Å². The molecule has 1 amide bonds. The maximum absolute atomic E-state index is 13.8. The first-order valence-electron chi connectivity index (χ1n) is 7.42. The number of methoxy groups -OCH3 is 1. The van der Waals surface area contributed by atoms with E-state index in [0.717, 1.165) is 0 Å². The summed E-state index contributed by atoms with van der Waals surface area (Å²) in [7, 11) is 1.40. The SMILES string of the molecule is COc1cccc(C(=O)N=c2sccn2Cc2ccccc2F)c1O. The van der Waals surface area contributed by atoms with Gasteiger partial charge >= 0.3 is 0 Å². The van der Waals surface area contributed by atoms with E-state index >= 15 is 0 Å². The molecule has 0 aliphatic heterocycles. The Morgan fingerprint density at radius 1 is 1.28 bits per heavy atom. The molecule has 128 valence electrons. The van der Waals surface area contributed by atoms with E-state index in [1.54, 1.807) is 46.5 Å². The lowest BCUT2D eigenvalue weighted by Crippen LogP contribution is -2.17. The molecule has 1 N–H and O–H groups in total. The van der Waals surface area contributed by atoms with Gasteiger partial charge in [0.1, 0.15) is 5.82 Å². The maximum Gasteiger partial charge on any atom is 0.283 e. The molecule has 7 heteroatoms. The van der Waals surface area contributed by atoms with Gasteiger partial charge in [0.25, 0.3) is 5.91 Å². The van der Waals surface area contributed by atoms with Crippen LogP contribution < -0.4 is 9.54 Å². The second-order valence-corrected chi connectivity index (χ2v) is 6.05. The van der Waals surface area contributed by atoms with Crippen LogP contribution >= 0.6 is 11.3 Å². The van der Waals surface area contributed by atoms with Crippen LogP contribution in [0.1, 0.15) is 15.9 Å². The molecule has 3 aromatic rings. The van der Waals surface area contributed by atoms with Crippen LogP contribution in [-0.4, -0.2) is 22.7 Å². The maximum atomic E-state index is 13.8. The highest BCUT2D eigenvalue weighted by molar-refractivity contribution is 7.07. The zero-order valence-electron chi connectivity index (χ0n) is 13.3. The molecule has 25 heavy (non-hydrogen) atoms. The van der Waals surface area contributed by atoms with E-state index in [9.17, 15) is 14.3 Å². The number of hydrogen-bond acceptors (Lipinski definition) is 4. The third-order valence-corrected chi connectivity index (χ3v) is 4.40. The number of phenols is 1. The molecule has 0 aliphatic rings. The Kier molecular flexibility index (Phi) is 4.95. The molecule has 0 spiro atoms. The number of carbonyl (C=O) groups is 1. The molecule has 0 radical (unpaired) electrons. The zero-order valence-corrected chi connectivity index (χ0v) is 14.2. The van der Waals surface area contributed by atoms with Gasteiger partial charge in [0, 0.05) is 17.1 Å². The van der Waals surface area contributed by atoms with Crippen molar-refractivity contribution >= 4 is 17.2 Å². The number of thiazole rings is 1. The van der Waals surface area contributed by atoms with Crippen molar-refractivity contribution < 1.29 is 19.0 Å². The van der Waals surface area contributed by atoms with Crippen molar-refractivity contribution in [2.24, 2.45) is 4.99 Å². The Labute approximate surface area is 147 Å². The summed E-state index contributed by atoms with van der Waals surface area (Å²) in [4.78, 5) is 16.9. The summed E-state index contributed by atoms with van der Waals surface area (Å²) < 4.78 is 20.5. The number of rotatable bonds is 4. The molecule has 0 aliphatic carbocycles. The van der Waals surface area contributed by atoms with Gasteiger partial charge in [0.05, 0.1) is 19.2 Å². The largest absolute Gasteiger partial charge is 0.504 e. The molecular formula is C18H15FN2O3S. The van der Waals surface area contributed by atoms with Gasteiger partial charge in [-0.05, 0) is 18.2 Å². The molecule has 0 fully saturated rings. The number of halogens is 1. The van der Waals surface area contributed by atoms with Gasteiger partial charge in [-0.25, -0.2) is 4.39 Å². The fraction of sp³-hybridized carbons (Fsp3) is 0.111. The number of phenolic OH excluding ortho intramolecular Hbond substituents is 1. The van der Waals surface area contributed by atoms with Gasteiger partial charge in [-0.2, -0.15) is 4.99 Å². The minimum absolute atomic E-state index is 0.0465. The topological polar surface area (TPSA) is 63.8 Å². The van der Waals surface area contributed by atoms with Crippen molar-refractivity contribution in [2.75, 3.05) is 7.11 Å². The van der Waals surface area contributed by atoms with E-state index in [4.69, 9.17) is 4.74 Å². The summed E-state index contributed by atoms with van der Waals surface area (Å²) in [6.45, 7) is 0.256. The van der Waals surface area contributed by atoms with Crippen LogP contribution in [0.15, 0.2) is 59.0 Å². The lowest BCUT2D eigenvalue weighted by Gasteiger charge is -2.06. The molecule has 3 rings (SSSR count). The van der Waals surface area contributed by atoms with Crippen molar-refractivity contribution in [3.05, 3.63) is 75.8 Å². The minimum atomic E-state index is -0.596. The number of nitrogens with zero attached hydrogens (tertiary/aromatic N) is 2. The van der Waals surface area contributed by atoms with Crippen LogP contribution in [0.2, 0.25) is 0 Å². The third kappa shape index (κ3) is 3.61. The number of aromatic hydroxyl groups is 1. The predicted molar refractivity (Wildman–Crippen MR) is 92.4 cm³/mol. The summed E-state index contributed by atoms with van der Waals surface area (Å²) >= 11 is 1.25. The molecule has 0 unspecified atom stereocenters. The third-order valence-electron chi connectivity index (χ3n) is 3.60. The number of aromatic nitrogens is 1. The summed E-state index contributed by atoms with van der Waals surface area (Å²) in [6.07, 6.45) is 1.73. The molecule has 0 saturated carbocycles. The van der Waals surface area contributed by atoms with Gasteiger partial charge in [-0.15, -0.1) is 11.3 Å². The quantitative estimate of drug-likeness (QED) is 0.779. The highest BCUT2D eigenvalue weighted by atomic mass is 32.1. The fourth-order valence-corrected chi connectivity index (χ4v) is 3.05. The predicted octanol–water partition coefficient (Wildman–Crippen LogP) is 3.19. The van der Waals surface area contributed by atoms with Gasteiger partial charge in [-0.3, -0.25) is 4.79 Å². The smallest absolute Gasteiger partial charge is 0.283 e. The molecule has 0 atom stereocenters. The first kappa shape index (κ1) is 16.9. The van der Waals surface area contributed by atoms with Crippen molar-refractivity contribution in [1.29, 1.82) is 0 Å². The Hall–Kier alpha value is -2.93. The fourth-order valence-electron chi connectivity index (χ4n) is 2.32. The number of amides is 1. The van der Waals surface area contributed by atoms with Crippen molar-refractivity contribution in [1.82, 2.24) is 4.57 Å². The van der Waals surface area contributed by atoms with Gasteiger partial charge in [-0.1, -0.05) is 24.3 Å². The van der Waals surface area contributed by atoms with Crippen molar-refractivity contribution in [3.8, 4) is 11.5 Å². The molecule has 0 bridgehead atoms. The normalized spacial score (nSPS) is 11.5. The number of hydrogen-bond donors (Lipinski definition) is 1. The monoisotopic (exact) mass is 358 g/mol. The van der Waals surface area contributed by atoms with E-state index in [1.165, 1.54) is 30.6 Å². The van der Waals surface area contributed by atoms with Crippen molar-refractivity contribution in [3.63, 3.8) is 0 Å². The summed E-state index contributed by atoms with van der Waals surface area (Å²) in [5.41, 5.74) is 0.546. The second-order valence-electron chi connectivity index (χ2n) is 5.18. The Morgan fingerprint density at radius 3 is 2.84 bits per heavy atom. The summed E-state index contributed by atoms with van der Waals surface area (Å²) in [5.74, 6) is -0.965. The highest BCUT2D eigenvalue weighted by Gasteiger charge is 2.14. The number of ether oxygens (including phenoxy) is 1. The molecule has 5 nitrogen and oxygen atoms in total. The summed E-state index contributed by atoms with van der Waals surface area (Å²) in [5, 5.41) is 11.8. The van der Waals surface area contributed by atoms with Crippen LogP contribution in [0.3, 0.4) is 0 Å². The second kappa shape index (κ2) is 7.31. The Balaban J connectivity index is 1.94. The van der Waals surface area contributed by atoms with E-state index in [1.807, 2.05) is 0 Å². The van der Waals surface area contributed by atoms with Gasteiger partial charge < -0.3 is 14.4 Å². The number of benzene rings is 2. The van der Waals surface area contributed by atoms with Gasteiger partial charge in [0.2, 0.25) is 0 Å². The zero-order chi connectivity index (χ0) is 17.8. The average molecular weight is 358 g/mol. The first-order valence-corrected chi connectivity index (χ1v) is 8.30. The molecular weight excluding hydrogens is 343 g/mol. The van der Waals surface area contributed by atoms with Crippen LogP contribution in [0.5, 0.6) is 11.5 Å². The molecule has 1 heterocycles. The average Bonchev–Trinajstić information content (AvgIpc) is 3.04. The molecule has 2 aromatic carbocycles. The number of para-hydroxylation sites is 1. The minimum Gasteiger partial charge on any atom is -0.504 e. The standard InChI is InChI=1S/C18H15FN2O3S/c1-24-15-8-4-6-13(16(15)22)17(23)20-18-21(9-10-25-18)11-12-5-2-3-7-14(12)19/h2-10,22H,11H2,1H3. The lowest BCUT2D eigenvalue weighted by atomic mass is 10.2. The summed E-state index contributed by atoms with van der Waals surface area (Å²) in [6, 6.07) is 11.1. The highest BCUT2D eigenvalue weighted by Crippen LogP contribution is 2.29. The van der Waals surface area contributed by atoms with Crippen LogP contribution in [-0.2, 0) is 6.54 Å². The lowest BCUT2D eigenvalue weighted by molar-refractivity contribution is 0.0994. The first-order chi connectivity index (χ1) is 12.1. The van der Waals surface area contributed by atoms with E-state index in [-0.39, 0.29) is 29.4 Å². The van der Waals surface area contributed by atoms with Gasteiger partial charge in [0.15, 0.2) is 16.3 Å².